The Bertz CT molecular complexity index is 917. The maximum atomic E-state index is 12.9. The van der Waals surface area contributed by atoms with Crippen molar-refractivity contribution in [2.24, 2.45) is 0 Å². The van der Waals surface area contributed by atoms with Crippen LogP contribution < -0.4 is 11.1 Å². The number of anilines is 1. The van der Waals surface area contributed by atoms with Crippen molar-refractivity contribution in [2.75, 3.05) is 5.32 Å². The summed E-state index contributed by atoms with van der Waals surface area (Å²) >= 11 is 2.16. The number of nitrogens with one attached hydrogen (secondary N) is 1. The van der Waals surface area contributed by atoms with Gasteiger partial charge in [-0.1, -0.05) is 0 Å². The molecule has 1 heterocycles. The second-order valence-corrected chi connectivity index (χ2v) is 6.14. The molecular weight excluding hydrogens is 428 g/mol. The molecule has 1 amide bonds. The molecule has 0 aliphatic carbocycles. The molecule has 2 aromatic carbocycles. The molecule has 24 heavy (non-hydrogen) atoms. The van der Waals surface area contributed by atoms with E-state index in [-0.39, 0.29) is 12.4 Å². The van der Waals surface area contributed by atoms with Crippen LogP contribution in [0.25, 0.3) is 11.5 Å². The fraction of sp³-hybridized carbons (Fsp3) is 0.0625. The van der Waals surface area contributed by atoms with Crippen LogP contribution in [-0.4, -0.2) is 15.7 Å². The summed E-state index contributed by atoms with van der Waals surface area (Å²) in [5.74, 6) is -1.54. The third-order valence-electron chi connectivity index (χ3n) is 3.12. The van der Waals surface area contributed by atoms with Crippen molar-refractivity contribution in [1.82, 2.24) is 9.78 Å². The van der Waals surface area contributed by atoms with Gasteiger partial charge in [-0.2, -0.15) is 4.68 Å². The van der Waals surface area contributed by atoms with E-state index in [0.29, 0.717) is 11.3 Å². The molecule has 3 rings (SSSR count). The molecule has 0 bridgehead atoms. The van der Waals surface area contributed by atoms with Crippen molar-refractivity contribution in [1.29, 1.82) is 0 Å². The molecule has 6 nitrogen and oxygen atoms in total. The molecule has 0 radical (unpaired) electrons. The van der Waals surface area contributed by atoms with E-state index < -0.39 is 17.5 Å². The molecule has 0 saturated carbocycles. The van der Waals surface area contributed by atoms with E-state index in [9.17, 15) is 14.0 Å². The topological polar surface area (TPSA) is 77.1 Å². The average Bonchev–Trinajstić information content (AvgIpc) is 2.91. The Morgan fingerprint density at radius 3 is 2.50 bits per heavy atom. The van der Waals surface area contributed by atoms with Gasteiger partial charge in [0.05, 0.1) is 0 Å². The highest BCUT2D eigenvalue weighted by molar-refractivity contribution is 14.1. The van der Waals surface area contributed by atoms with Gasteiger partial charge >= 0.3 is 5.76 Å². The number of hydrogen-bond acceptors (Lipinski definition) is 4. The average molecular weight is 439 g/mol. The number of hydrogen-bond donors (Lipinski definition) is 1. The van der Waals surface area contributed by atoms with Gasteiger partial charge in [-0.3, -0.25) is 4.79 Å². The molecule has 1 aromatic heterocycles. The van der Waals surface area contributed by atoms with Crippen LogP contribution in [0.15, 0.2) is 57.7 Å². The molecule has 0 saturated heterocycles. The number of amides is 1. The van der Waals surface area contributed by atoms with Gasteiger partial charge in [0, 0.05) is 14.8 Å². The van der Waals surface area contributed by atoms with Gasteiger partial charge in [-0.15, -0.1) is 5.10 Å². The summed E-state index contributed by atoms with van der Waals surface area (Å²) in [6.07, 6.45) is 0. The van der Waals surface area contributed by atoms with Gasteiger partial charge in [0.25, 0.3) is 0 Å². The molecule has 122 valence electrons. The Kier molecular flexibility index (Phi) is 4.74. The molecule has 8 heteroatoms. The van der Waals surface area contributed by atoms with Crippen molar-refractivity contribution in [3.8, 4) is 11.5 Å². The fourth-order valence-corrected chi connectivity index (χ4v) is 2.34. The Hall–Kier alpha value is -2.49. The summed E-state index contributed by atoms with van der Waals surface area (Å²) in [4.78, 5) is 23.8. The Labute approximate surface area is 149 Å². The SMILES string of the molecule is O=C(Cn1nc(-c2ccc(F)cc2)oc1=O)Nc1ccc(I)cc1. The standard InChI is InChI=1S/C16H11FIN3O3/c17-11-3-1-10(2-4-11)15-20-21(16(23)24-15)9-14(22)19-13-7-5-12(18)6-8-13/h1-8H,9H2,(H,19,22). The highest BCUT2D eigenvalue weighted by Gasteiger charge is 2.13. The lowest BCUT2D eigenvalue weighted by Gasteiger charge is -2.04. The second-order valence-electron chi connectivity index (χ2n) is 4.89. The number of carbonyl (C=O) groups excluding carboxylic acids is 1. The van der Waals surface area contributed by atoms with Crippen LogP contribution >= 0.6 is 22.6 Å². The van der Waals surface area contributed by atoms with Crippen LogP contribution in [0.2, 0.25) is 0 Å². The van der Waals surface area contributed by atoms with Crippen molar-refractivity contribution in [3.63, 3.8) is 0 Å². The quantitative estimate of drug-likeness (QED) is 0.635. The van der Waals surface area contributed by atoms with Gasteiger partial charge in [-0.05, 0) is 71.1 Å². The first-order chi connectivity index (χ1) is 11.5. The second kappa shape index (κ2) is 6.95. The molecule has 3 aromatic rings. The molecule has 0 aliphatic heterocycles. The first kappa shape index (κ1) is 16.4. The molecule has 0 atom stereocenters. The maximum absolute atomic E-state index is 12.9. The molecule has 0 spiro atoms. The summed E-state index contributed by atoms with van der Waals surface area (Å²) in [7, 11) is 0. The summed E-state index contributed by atoms with van der Waals surface area (Å²) in [5, 5.41) is 6.63. The van der Waals surface area contributed by atoms with Crippen LogP contribution in [0.4, 0.5) is 10.1 Å². The number of carbonyl (C=O) groups is 1. The van der Waals surface area contributed by atoms with Gasteiger partial charge in [0.15, 0.2) is 0 Å². The number of aromatic nitrogens is 2. The van der Waals surface area contributed by atoms with E-state index in [1.807, 2.05) is 12.1 Å². The molecule has 1 N–H and O–H groups in total. The Balaban J connectivity index is 1.73. The van der Waals surface area contributed by atoms with Gasteiger partial charge in [-0.25, -0.2) is 9.18 Å². The largest absolute Gasteiger partial charge is 0.437 e. The molecular formula is C16H11FIN3O3. The van der Waals surface area contributed by atoms with Crippen molar-refractivity contribution < 1.29 is 13.6 Å². The zero-order chi connectivity index (χ0) is 17.1. The minimum absolute atomic E-state index is 0.0297. The molecule has 0 fully saturated rings. The smallest absolute Gasteiger partial charge is 0.388 e. The van der Waals surface area contributed by atoms with E-state index in [1.165, 1.54) is 24.3 Å². The summed E-state index contributed by atoms with van der Waals surface area (Å²) in [6, 6.07) is 12.6. The predicted octanol–water partition coefficient (Wildman–Crippen LogP) is 2.89. The minimum atomic E-state index is -0.757. The Morgan fingerprint density at radius 2 is 1.83 bits per heavy atom. The predicted molar refractivity (Wildman–Crippen MR) is 93.9 cm³/mol. The number of benzene rings is 2. The number of rotatable bonds is 4. The van der Waals surface area contributed by atoms with Crippen LogP contribution in [0.1, 0.15) is 0 Å². The lowest BCUT2D eigenvalue weighted by molar-refractivity contribution is -0.117. The van der Waals surface area contributed by atoms with Crippen LogP contribution in [0, 0.1) is 9.39 Å². The van der Waals surface area contributed by atoms with E-state index in [1.54, 1.807) is 12.1 Å². The zero-order valence-corrected chi connectivity index (χ0v) is 14.4. The lowest BCUT2D eigenvalue weighted by Crippen LogP contribution is -2.25. The minimum Gasteiger partial charge on any atom is -0.388 e. The third-order valence-corrected chi connectivity index (χ3v) is 3.84. The van der Waals surface area contributed by atoms with Crippen LogP contribution in [0.3, 0.4) is 0 Å². The maximum Gasteiger partial charge on any atom is 0.437 e. The van der Waals surface area contributed by atoms with Crippen molar-refractivity contribution >= 4 is 34.2 Å². The van der Waals surface area contributed by atoms with Crippen LogP contribution in [-0.2, 0) is 11.3 Å². The van der Waals surface area contributed by atoms with E-state index in [4.69, 9.17) is 4.42 Å². The first-order valence-corrected chi connectivity index (χ1v) is 7.98. The summed E-state index contributed by atoms with van der Waals surface area (Å²) in [5.41, 5.74) is 1.07. The number of nitrogens with zero attached hydrogens (tertiary/aromatic N) is 2. The van der Waals surface area contributed by atoms with Crippen molar-refractivity contribution in [2.45, 2.75) is 6.54 Å². The summed E-state index contributed by atoms with van der Waals surface area (Å²) in [6.45, 7) is -0.282. The van der Waals surface area contributed by atoms with E-state index in [2.05, 4.69) is 33.0 Å². The van der Waals surface area contributed by atoms with Gasteiger partial charge in [0.2, 0.25) is 11.8 Å². The van der Waals surface area contributed by atoms with Gasteiger partial charge < -0.3 is 9.73 Å². The highest BCUT2D eigenvalue weighted by atomic mass is 127. The van der Waals surface area contributed by atoms with Crippen molar-refractivity contribution in [3.05, 3.63) is 68.5 Å². The highest BCUT2D eigenvalue weighted by Crippen LogP contribution is 2.15. The van der Waals surface area contributed by atoms with E-state index in [0.717, 1.165) is 8.25 Å². The van der Waals surface area contributed by atoms with Gasteiger partial charge in [0.1, 0.15) is 12.4 Å². The number of halogens is 2. The molecule has 0 aliphatic rings. The normalized spacial score (nSPS) is 10.6. The summed E-state index contributed by atoms with van der Waals surface area (Å²) < 4.78 is 19.9. The lowest BCUT2D eigenvalue weighted by atomic mass is 10.2. The van der Waals surface area contributed by atoms with E-state index >= 15 is 0 Å². The third kappa shape index (κ3) is 3.88. The fourth-order valence-electron chi connectivity index (χ4n) is 1.99. The first-order valence-electron chi connectivity index (χ1n) is 6.90. The Morgan fingerprint density at radius 1 is 1.17 bits per heavy atom. The molecule has 0 unspecified atom stereocenters. The zero-order valence-electron chi connectivity index (χ0n) is 12.2. The van der Waals surface area contributed by atoms with Crippen LogP contribution in [0.5, 0.6) is 0 Å². The monoisotopic (exact) mass is 439 g/mol.